The molecule has 0 atom stereocenters. The summed E-state index contributed by atoms with van der Waals surface area (Å²) in [5, 5.41) is 0.738. The fourth-order valence-electron chi connectivity index (χ4n) is 2.44. The van der Waals surface area contributed by atoms with Gasteiger partial charge in [-0.05, 0) is 44.7 Å². The molecule has 0 radical (unpaired) electrons. The standard InChI is InChI=1S/C15H20N2O/c1-8(2)6-12-11(5)17-15-13(14(12)18)9(3)7-10(4)16-15/h7-8H,6H2,1-5H3,(H,16,17,18). The zero-order chi connectivity index (χ0) is 13.4. The maximum atomic E-state index is 12.6. The Bertz CT molecular complexity index is 654. The summed E-state index contributed by atoms with van der Waals surface area (Å²) in [6.07, 6.45) is 0.810. The van der Waals surface area contributed by atoms with E-state index in [0.29, 0.717) is 11.6 Å². The maximum absolute atomic E-state index is 12.6. The Labute approximate surface area is 107 Å². The van der Waals surface area contributed by atoms with Crippen LogP contribution in [0.3, 0.4) is 0 Å². The van der Waals surface area contributed by atoms with E-state index in [0.717, 1.165) is 34.3 Å². The van der Waals surface area contributed by atoms with E-state index in [2.05, 4.69) is 23.8 Å². The minimum Gasteiger partial charge on any atom is -0.343 e. The number of aromatic nitrogens is 2. The van der Waals surface area contributed by atoms with Crippen LogP contribution >= 0.6 is 0 Å². The largest absolute Gasteiger partial charge is 0.343 e. The summed E-state index contributed by atoms with van der Waals surface area (Å²) in [4.78, 5) is 20.3. The second-order valence-corrected chi connectivity index (χ2v) is 5.46. The van der Waals surface area contributed by atoms with E-state index < -0.39 is 0 Å². The van der Waals surface area contributed by atoms with Gasteiger partial charge in [-0.2, -0.15) is 0 Å². The normalized spacial score (nSPS) is 11.4. The first-order valence-corrected chi connectivity index (χ1v) is 6.40. The molecule has 0 aliphatic carbocycles. The number of hydrogen-bond donors (Lipinski definition) is 1. The third-order valence-corrected chi connectivity index (χ3v) is 3.22. The van der Waals surface area contributed by atoms with Gasteiger partial charge in [0.1, 0.15) is 5.65 Å². The molecule has 0 unspecified atom stereocenters. The van der Waals surface area contributed by atoms with E-state index in [4.69, 9.17) is 0 Å². The Morgan fingerprint density at radius 1 is 1.28 bits per heavy atom. The fraction of sp³-hybridized carbons (Fsp3) is 0.467. The van der Waals surface area contributed by atoms with Crippen molar-refractivity contribution in [2.24, 2.45) is 5.92 Å². The molecule has 1 N–H and O–H groups in total. The van der Waals surface area contributed by atoms with Crippen LogP contribution in [-0.2, 0) is 6.42 Å². The highest BCUT2D eigenvalue weighted by Gasteiger charge is 2.13. The highest BCUT2D eigenvalue weighted by atomic mass is 16.1. The molecule has 3 nitrogen and oxygen atoms in total. The molecule has 96 valence electrons. The lowest BCUT2D eigenvalue weighted by Gasteiger charge is -2.11. The molecule has 2 heterocycles. The summed E-state index contributed by atoms with van der Waals surface area (Å²) in [7, 11) is 0. The number of aryl methyl sites for hydroxylation is 3. The summed E-state index contributed by atoms with van der Waals surface area (Å²) in [5.41, 5.74) is 4.63. The molecule has 2 aromatic rings. The second-order valence-electron chi connectivity index (χ2n) is 5.46. The molecule has 0 saturated carbocycles. The van der Waals surface area contributed by atoms with Gasteiger partial charge in [0.2, 0.25) is 0 Å². The smallest absolute Gasteiger partial charge is 0.194 e. The average Bonchev–Trinajstić information content (AvgIpc) is 2.22. The number of hydrogen-bond acceptors (Lipinski definition) is 2. The van der Waals surface area contributed by atoms with Crippen molar-refractivity contribution in [3.63, 3.8) is 0 Å². The van der Waals surface area contributed by atoms with Crippen LogP contribution in [0.2, 0.25) is 0 Å². The van der Waals surface area contributed by atoms with Crippen LogP contribution < -0.4 is 5.43 Å². The Hall–Kier alpha value is -1.64. The summed E-state index contributed by atoms with van der Waals surface area (Å²) in [5.74, 6) is 0.473. The minimum atomic E-state index is 0.139. The van der Waals surface area contributed by atoms with Crippen LogP contribution in [0.4, 0.5) is 0 Å². The lowest BCUT2D eigenvalue weighted by molar-refractivity contribution is 0.640. The molecule has 2 rings (SSSR count). The van der Waals surface area contributed by atoms with Gasteiger partial charge in [-0.25, -0.2) is 4.98 Å². The van der Waals surface area contributed by atoms with E-state index in [-0.39, 0.29) is 5.43 Å². The molecular weight excluding hydrogens is 224 g/mol. The summed E-state index contributed by atoms with van der Waals surface area (Å²) < 4.78 is 0. The van der Waals surface area contributed by atoms with Gasteiger partial charge < -0.3 is 4.98 Å². The zero-order valence-electron chi connectivity index (χ0n) is 11.7. The van der Waals surface area contributed by atoms with Crippen molar-refractivity contribution in [2.45, 2.75) is 41.0 Å². The van der Waals surface area contributed by atoms with Crippen molar-refractivity contribution < 1.29 is 0 Å². The number of aromatic amines is 1. The number of H-pyrrole nitrogens is 1. The SMILES string of the molecule is Cc1cc(C)c2c(=O)c(CC(C)C)c(C)[nH]c2n1. The van der Waals surface area contributed by atoms with Crippen LogP contribution in [-0.4, -0.2) is 9.97 Å². The van der Waals surface area contributed by atoms with Crippen molar-refractivity contribution in [3.05, 3.63) is 38.8 Å². The molecule has 2 aromatic heterocycles. The monoisotopic (exact) mass is 244 g/mol. The zero-order valence-corrected chi connectivity index (χ0v) is 11.7. The molecule has 18 heavy (non-hydrogen) atoms. The van der Waals surface area contributed by atoms with Gasteiger partial charge in [-0.3, -0.25) is 4.79 Å². The molecule has 3 heteroatoms. The Morgan fingerprint density at radius 3 is 2.56 bits per heavy atom. The average molecular weight is 244 g/mol. The first-order valence-electron chi connectivity index (χ1n) is 6.40. The Kier molecular flexibility index (Phi) is 3.24. The van der Waals surface area contributed by atoms with E-state index in [1.54, 1.807) is 0 Å². The van der Waals surface area contributed by atoms with Gasteiger partial charge in [-0.15, -0.1) is 0 Å². The van der Waals surface area contributed by atoms with Crippen LogP contribution in [0, 0.1) is 26.7 Å². The third kappa shape index (κ3) is 2.17. The molecule has 0 aliphatic heterocycles. The molecule has 0 bridgehead atoms. The fourth-order valence-corrected chi connectivity index (χ4v) is 2.44. The highest BCUT2D eigenvalue weighted by molar-refractivity contribution is 5.79. The summed E-state index contributed by atoms with van der Waals surface area (Å²) in [6, 6.07) is 1.96. The molecular formula is C15H20N2O. The van der Waals surface area contributed by atoms with Crippen molar-refractivity contribution in [2.75, 3.05) is 0 Å². The summed E-state index contributed by atoms with van der Waals surface area (Å²) >= 11 is 0. The molecule has 0 aromatic carbocycles. The molecule has 0 saturated heterocycles. The predicted molar refractivity (Wildman–Crippen MR) is 75.1 cm³/mol. The first kappa shape index (κ1) is 12.8. The van der Waals surface area contributed by atoms with E-state index in [9.17, 15) is 4.79 Å². The number of nitrogens with one attached hydrogen (secondary N) is 1. The Balaban J connectivity index is 2.81. The summed E-state index contributed by atoms with van der Waals surface area (Å²) in [6.45, 7) is 10.1. The topological polar surface area (TPSA) is 45.8 Å². The van der Waals surface area contributed by atoms with Gasteiger partial charge in [0.25, 0.3) is 0 Å². The Morgan fingerprint density at radius 2 is 1.94 bits per heavy atom. The van der Waals surface area contributed by atoms with Crippen molar-refractivity contribution >= 4 is 11.0 Å². The maximum Gasteiger partial charge on any atom is 0.194 e. The van der Waals surface area contributed by atoms with E-state index in [1.165, 1.54) is 0 Å². The van der Waals surface area contributed by atoms with Crippen LogP contribution in [0.25, 0.3) is 11.0 Å². The van der Waals surface area contributed by atoms with Gasteiger partial charge in [-0.1, -0.05) is 13.8 Å². The number of pyridine rings is 2. The minimum absolute atomic E-state index is 0.139. The molecule has 0 fully saturated rings. The van der Waals surface area contributed by atoms with Crippen molar-refractivity contribution in [1.29, 1.82) is 0 Å². The second kappa shape index (κ2) is 4.56. The van der Waals surface area contributed by atoms with Gasteiger partial charge in [0, 0.05) is 17.0 Å². The quantitative estimate of drug-likeness (QED) is 0.882. The van der Waals surface area contributed by atoms with Gasteiger partial charge in [0.05, 0.1) is 5.39 Å². The van der Waals surface area contributed by atoms with Crippen molar-refractivity contribution in [1.82, 2.24) is 9.97 Å². The van der Waals surface area contributed by atoms with Crippen LogP contribution in [0.15, 0.2) is 10.9 Å². The number of nitrogens with zero attached hydrogens (tertiary/aromatic N) is 1. The number of rotatable bonds is 2. The first-order chi connectivity index (χ1) is 8.40. The predicted octanol–water partition coefficient (Wildman–Crippen LogP) is 3.05. The van der Waals surface area contributed by atoms with Crippen LogP contribution in [0.1, 0.15) is 36.4 Å². The molecule has 0 aliphatic rings. The van der Waals surface area contributed by atoms with E-state index in [1.807, 2.05) is 26.8 Å². The lowest BCUT2D eigenvalue weighted by atomic mass is 9.99. The molecule has 0 spiro atoms. The number of fused-ring (bicyclic) bond motifs is 1. The van der Waals surface area contributed by atoms with Gasteiger partial charge >= 0.3 is 0 Å². The third-order valence-electron chi connectivity index (χ3n) is 3.22. The highest BCUT2D eigenvalue weighted by Crippen LogP contribution is 2.16. The van der Waals surface area contributed by atoms with Crippen molar-refractivity contribution in [3.8, 4) is 0 Å². The van der Waals surface area contributed by atoms with Crippen LogP contribution in [0.5, 0.6) is 0 Å². The lowest BCUT2D eigenvalue weighted by Crippen LogP contribution is -2.17. The van der Waals surface area contributed by atoms with Gasteiger partial charge in [0.15, 0.2) is 5.43 Å². The van der Waals surface area contributed by atoms with E-state index >= 15 is 0 Å². The molecule has 0 amide bonds.